The molecule has 1 atom stereocenters. The zero-order chi connectivity index (χ0) is 27.2. The molecule has 10 heteroatoms. The fourth-order valence-electron chi connectivity index (χ4n) is 4.26. The number of halogens is 1. The summed E-state index contributed by atoms with van der Waals surface area (Å²) >= 11 is 7.99. The molecule has 0 aromatic heterocycles. The van der Waals surface area contributed by atoms with Gasteiger partial charge in [-0.2, -0.15) is 0 Å². The summed E-state index contributed by atoms with van der Waals surface area (Å²) in [6.45, 7) is 0.439. The molecule has 3 aromatic rings. The van der Waals surface area contributed by atoms with Gasteiger partial charge in [-0.05, 0) is 107 Å². The average Bonchev–Trinajstić information content (AvgIpc) is 3.16. The maximum atomic E-state index is 13.7. The molecule has 1 N–H and O–H groups in total. The second-order valence-corrected chi connectivity index (χ2v) is 10.2. The van der Waals surface area contributed by atoms with E-state index in [0.717, 1.165) is 9.13 Å². The predicted octanol–water partition coefficient (Wildman–Crippen LogP) is 4.89. The fraction of sp³-hybridized carbons (Fsp3) is 0.250. The summed E-state index contributed by atoms with van der Waals surface area (Å²) in [6, 6.07) is 19.5. The number of methoxy groups -OCH3 is 3. The molecule has 0 radical (unpaired) electrons. The number of hydrogen-bond acceptors (Lipinski definition) is 6. The predicted molar refractivity (Wildman–Crippen MR) is 159 cm³/mol. The van der Waals surface area contributed by atoms with Crippen LogP contribution in [0.5, 0.6) is 17.2 Å². The van der Waals surface area contributed by atoms with Crippen LogP contribution in [0.1, 0.15) is 12.0 Å². The molecule has 1 saturated heterocycles. The molecule has 0 saturated carbocycles. The zero-order valence-electron chi connectivity index (χ0n) is 21.3. The first-order chi connectivity index (χ1) is 18.3. The van der Waals surface area contributed by atoms with Crippen molar-refractivity contribution in [3.63, 3.8) is 0 Å². The number of rotatable bonds is 10. The molecule has 2 amide bonds. The van der Waals surface area contributed by atoms with Gasteiger partial charge in [0.15, 0.2) is 16.6 Å². The molecule has 1 heterocycles. The van der Waals surface area contributed by atoms with Gasteiger partial charge in [0.25, 0.3) is 5.91 Å². The van der Waals surface area contributed by atoms with Crippen molar-refractivity contribution >= 4 is 63.1 Å². The molecule has 1 unspecified atom stereocenters. The Kier molecular flexibility index (Phi) is 9.05. The van der Waals surface area contributed by atoms with E-state index in [2.05, 4.69) is 27.9 Å². The van der Waals surface area contributed by atoms with Crippen molar-refractivity contribution in [1.82, 2.24) is 4.90 Å². The minimum atomic E-state index is -0.742. The van der Waals surface area contributed by atoms with Crippen molar-refractivity contribution in [2.45, 2.75) is 18.9 Å². The second-order valence-electron chi connectivity index (χ2n) is 8.56. The molecular weight excluding hydrogens is 617 g/mol. The highest BCUT2D eigenvalue weighted by Gasteiger charge is 2.44. The molecule has 8 nitrogen and oxygen atoms in total. The Morgan fingerprint density at radius 2 is 1.63 bits per heavy atom. The first kappa shape index (κ1) is 27.6. The van der Waals surface area contributed by atoms with E-state index in [4.69, 9.17) is 26.4 Å². The van der Waals surface area contributed by atoms with Crippen molar-refractivity contribution in [2.24, 2.45) is 0 Å². The number of carbonyl (C=O) groups excluding carboxylic acids is 2. The van der Waals surface area contributed by atoms with Crippen LogP contribution in [-0.2, 0) is 16.0 Å². The lowest BCUT2D eigenvalue weighted by molar-refractivity contribution is -0.124. The van der Waals surface area contributed by atoms with Gasteiger partial charge >= 0.3 is 0 Å². The van der Waals surface area contributed by atoms with E-state index in [9.17, 15) is 9.59 Å². The van der Waals surface area contributed by atoms with Gasteiger partial charge in [0.05, 0.1) is 33.4 Å². The molecule has 1 fully saturated rings. The third kappa shape index (κ3) is 6.18. The summed E-state index contributed by atoms with van der Waals surface area (Å²) in [4.78, 5) is 30.0. The van der Waals surface area contributed by atoms with Crippen molar-refractivity contribution in [3.05, 3.63) is 75.9 Å². The van der Waals surface area contributed by atoms with Crippen LogP contribution in [0.25, 0.3) is 0 Å². The van der Waals surface area contributed by atoms with Crippen molar-refractivity contribution < 1.29 is 23.8 Å². The standard InChI is InChI=1S/C28H28IN3O5S/c1-35-22-11-9-21(10-12-22)32-27(34)23(17-26(33)30-20-7-5-19(29)6-8-20)31(28(32)38)15-14-18-4-13-24(36-2)25(16-18)37-3/h4-13,16,23H,14-15,17H2,1-3H3,(H,30,33). The third-order valence-corrected chi connectivity index (χ3v) is 7.38. The van der Waals surface area contributed by atoms with Gasteiger partial charge in [0, 0.05) is 15.8 Å². The second kappa shape index (κ2) is 12.4. The number of nitrogens with zero attached hydrogens (tertiary/aromatic N) is 2. The SMILES string of the molecule is COc1ccc(N2C(=O)C(CC(=O)Nc3ccc(I)cc3)N(CCc3ccc(OC)c(OC)c3)C2=S)cc1. The number of hydrogen-bond donors (Lipinski definition) is 1. The molecule has 198 valence electrons. The van der Waals surface area contributed by atoms with Crippen molar-refractivity contribution in [1.29, 1.82) is 0 Å². The Morgan fingerprint density at radius 1 is 0.947 bits per heavy atom. The Balaban J connectivity index is 1.56. The van der Waals surface area contributed by atoms with Gasteiger partial charge in [0.1, 0.15) is 11.8 Å². The van der Waals surface area contributed by atoms with Gasteiger partial charge < -0.3 is 24.4 Å². The van der Waals surface area contributed by atoms with Crippen LogP contribution in [0.15, 0.2) is 66.7 Å². The number of carbonyl (C=O) groups is 2. The lowest BCUT2D eigenvalue weighted by atomic mass is 10.1. The Labute approximate surface area is 241 Å². The summed E-state index contributed by atoms with van der Waals surface area (Å²) in [5.74, 6) is 1.42. The van der Waals surface area contributed by atoms with E-state index in [0.29, 0.717) is 46.7 Å². The van der Waals surface area contributed by atoms with Crippen LogP contribution >= 0.6 is 34.8 Å². The fourth-order valence-corrected chi connectivity index (χ4v) is 5.04. The van der Waals surface area contributed by atoms with Gasteiger partial charge in [0.2, 0.25) is 5.91 Å². The molecule has 1 aliphatic heterocycles. The minimum absolute atomic E-state index is 0.0381. The smallest absolute Gasteiger partial charge is 0.256 e. The zero-order valence-corrected chi connectivity index (χ0v) is 24.2. The molecule has 0 spiro atoms. The first-order valence-corrected chi connectivity index (χ1v) is 13.4. The number of anilines is 2. The Hall–Kier alpha value is -3.38. The molecule has 4 rings (SSSR count). The topological polar surface area (TPSA) is 80.3 Å². The maximum Gasteiger partial charge on any atom is 0.256 e. The minimum Gasteiger partial charge on any atom is -0.497 e. The number of thiocarbonyl (C=S) groups is 1. The van der Waals surface area contributed by atoms with Crippen LogP contribution < -0.4 is 24.4 Å². The van der Waals surface area contributed by atoms with E-state index in [-0.39, 0.29) is 18.2 Å². The number of amides is 2. The van der Waals surface area contributed by atoms with Crippen LogP contribution in [0.3, 0.4) is 0 Å². The van der Waals surface area contributed by atoms with Gasteiger partial charge in [-0.3, -0.25) is 14.5 Å². The van der Waals surface area contributed by atoms with E-state index < -0.39 is 6.04 Å². The van der Waals surface area contributed by atoms with Crippen LogP contribution in [-0.4, -0.2) is 55.7 Å². The van der Waals surface area contributed by atoms with E-state index in [1.807, 2.05) is 47.4 Å². The first-order valence-electron chi connectivity index (χ1n) is 11.9. The summed E-state index contributed by atoms with van der Waals surface area (Å²) in [7, 11) is 4.76. The highest BCUT2D eigenvalue weighted by atomic mass is 127. The quantitative estimate of drug-likeness (QED) is 0.249. The van der Waals surface area contributed by atoms with Gasteiger partial charge in [-0.1, -0.05) is 6.07 Å². The van der Waals surface area contributed by atoms with Crippen molar-refractivity contribution in [2.75, 3.05) is 38.1 Å². The normalized spacial score (nSPS) is 15.0. The maximum absolute atomic E-state index is 13.7. The van der Waals surface area contributed by atoms with Crippen LogP contribution in [0.4, 0.5) is 11.4 Å². The number of benzene rings is 3. The molecule has 0 bridgehead atoms. The lowest BCUT2D eigenvalue weighted by Crippen LogP contribution is -2.39. The average molecular weight is 646 g/mol. The molecular formula is C28H28IN3O5S. The molecule has 3 aromatic carbocycles. The van der Waals surface area contributed by atoms with Crippen LogP contribution in [0.2, 0.25) is 0 Å². The largest absolute Gasteiger partial charge is 0.497 e. The van der Waals surface area contributed by atoms with Gasteiger partial charge in [-0.25, -0.2) is 0 Å². The molecule has 0 aliphatic carbocycles. The molecule has 38 heavy (non-hydrogen) atoms. The van der Waals surface area contributed by atoms with E-state index in [1.54, 1.807) is 45.6 Å². The summed E-state index contributed by atoms with van der Waals surface area (Å²) < 4.78 is 17.1. The summed E-state index contributed by atoms with van der Waals surface area (Å²) in [5.41, 5.74) is 2.28. The third-order valence-electron chi connectivity index (χ3n) is 6.25. The summed E-state index contributed by atoms with van der Waals surface area (Å²) in [5, 5.41) is 3.25. The molecule has 1 aliphatic rings. The Bertz CT molecular complexity index is 1320. The highest BCUT2D eigenvalue weighted by Crippen LogP contribution is 2.31. The lowest BCUT2D eigenvalue weighted by Gasteiger charge is -2.24. The van der Waals surface area contributed by atoms with Crippen LogP contribution in [0, 0.1) is 3.57 Å². The van der Waals surface area contributed by atoms with Gasteiger partial charge in [-0.15, -0.1) is 0 Å². The monoisotopic (exact) mass is 645 g/mol. The number of nitrogens with one attached hydrogen (secondary N) is 1. The Morgan fingerprint density at radius 3 is 2.26 bits per heavy atom. The highest BCUT2D eigenvalue weighted by molar-refractivity contribution is 14.1. The van der Waals surface area contributed by atoms with E-state index in [1.165, 1.54) is 4.90 Å². The van der Waals surface area contributed by atoms with E-state index >= 15 is 0 Å². The number of ether oxygens (including phenoxy) is 3. The summed E-state index contributed by atoms with van der Waals surface area (Å²) in [6.07, 6.45) is 0.545. The van der Waals surface area contributed by atoms with Crippen molar-refractivity contribution in [3.8, 4) is 17.2 Å².